The molecule has 7 heteroatoms. The number of methoxy groups -OCH3 is 1. The van der Waals surface area contributed by atoms with E-state index in [9.17, 15) is 4.39 Å². The molecule has 3 rings (SSSR count). The second kappa shape index (κ2) is 9.11. The zero-order valence-electron chi connectivity index (χ0n) is 17.2. The van der Waals surface area contributed by atoms with Crippen molar-refractivity contribution in [3.63, 3.8) is 0 Å². The van der Waals surface area contributed by atoms with Gasteiger partial charge in [0, 0.05) is 25.2 Å². The fourth-order valence-corrected chi connectivity index (χ4v) is 3.16. The molecule has 2 aromatic rings. The van der Waals surface area contributed by atoms with E-state index in [1.54, 1.807) is 19.5 Å². The molecule has 0 radical (unpaired) electrons. The molecule has 1 fully saturated rings. The monoisotopic (exact) mass is 420 g/mol. The summed E-state index contributed by atoms with van der Waals surface area (Å²) in [6.45, 7) is 5.98. The summed E-state index contributed by atoms with van der Waals surface area (Å²) < 4.78 is 31.1. The second-order valence-electron chi connectivity index (χ2n) is 7.18. The van der Waals surface area contributed by atoms with Crippen molar-refractivity contribution in [3.8, 4) is 5.75 Å². The summed E-state index contributed by atoms with van der Waals surface area (Å²) in [6, 6.07) is 8.62. The fourth-order valence-electron chi connectivity index (χ4n) is 3.04. The van der Waals surface area contributed by atoms with E-state index in [0.29, 0.717) is 24.5 Å². The van der Waals surface area contributed by atoms with Crippen LogP contribution in [-0.2, 0) is 21.7 Å². The number of aliphatic imine (C=N–C) groups is 1. The molecule has 5 nitrogen and oxygen atoms in total. The van der Waals surface area contributed by atoms with Crippen molar-refractivity contribution < 1.29 is 18.6 Å². The van der Waals surface area contributed by atoms with Gasteiger partial charge in [0.15, 0.2) is 0 Å². The zero-order valence-corrected chi connectivity index (χ0v) is 17.9. The lowest BCUT2D eigenvalue weighted by Crippen LogP contribution is -2.49. The molecule has 0 amide bonds. The van der Waals surface area contributed by atoms with Gasteiger partial charge in [0.25, 0.3) is 0 Å². The van der Waals surface area contributed by atoms with E-state index >= 15 is 0 Å². The zero-order chi connectivity index (χ0) is 21.0. The molecule has 0 unspecified atom stereocenters. The van der Waals surface area contributed by atoms with Crippen LogP contribution in [-0.4, -0.2) is 45.2 Å². The largest absolute Gasteiger partial charge is 0.496 e. The van der Waals surface area contributed by atoms with E-state index in [4.69, 9.17) is 25.8 Å². The molecule has 29 heavy (non-hydrogen) atoms. The maximum atomic E-state index is 13.7. The van der Waals surface area contributed by atoms with Crippen molar-refractivity contribution in [1.29, 1.82) is 0 Å². The summed E-state index contributed by atoms with van der Waals surface area (Å²) in [5.41, 5.74) is 2.81. The molecule has 0 aromatic heterocycles. The fraction of sp³-hybridized carbons (Fsp3) is 0.409. The number of rotatable bonds is 8. The molecule has 0 spiro atoms. The Morgan fingerprint density at radius 3 is 2.66 bits per heavy atom. The summed E-state index contributed by atoms with van der Waals surface area (Å²) in [4.78, 5) is 6.55. The number of halogens is 2. The molecule has 1 aliphatic rings. The van der Waals surface area contributed by atoms with Crippen LogP contribution in [0.3, 0.4) is 0 Å². The number of benzene rings is 2. The van der Waals surface area contributed by atoms with Gasteiger partial charge in [0.05, 0.1) is 44.0 Å². The lowest BCUT2D eigenvalue weighted by Gasteiger charge is -2.42. The van der Waals surface area contributed by atoms with Crippen LogP contribution in [0.25, 0.3) is 0 Å². The van der Waals surface area contributed by atoms with Crippen molar-refractivity contribution in [1.82, 2.24) is 4.90 Å². The van der Waals surface area contributed by atoms with Crippen molar-refractivity contribution in [2.24, 2.45) is 4.99 Å². The normalized spacial score (nSPS) is 15.4. The Balaban J connectivity index is 1.86. The minimum absolute atomic E-state index is 0.0950. The Labute approximate surface area is 176 Å². The van der Waals surface area contributed by atoms with Crippen molar-refractivity contribution >= 4 is 23.6 Å². The Morgan fingerprint density at radius 1 is 1.31 bits per heavy atom. The van der Waals surface area contributed by atoms with Gasteiger partial charge in [0.2, 0.25) is 0 Å². The highest BCUT2D eigenvalue weighted by Crippen LogP contribution is 2.42. The van der Waals surface area contributed by atoms with E-state index < -0.39 is 11.4 Å². The van der Waals surface area contributed by atoms with Gasteiger partial charge in [-0.3, -0.25) is 0 Å². The van der Waals surface area contributed by atoms with E-state index in [0.717, 1.165) is 23.4 Å². The van der Waals surface area contributed by atoms with Crippen LogP contribution in [0.15, 0.2) is 35.3 Å². The quantitative estimate of drug-likeness (QED) is 0.452. The number of hydrogen-bond acceptors (Lipinski definition) is 4. The van der Waals surface area contributed by atoms with Crippen LogP contribution in [0.1, 0.15) is 23.6 Å². The van der Waals surface area contributed by atoms with Gasteiger partial charge >= 0.3 is 0 Å². The molecule has 0 N–H and O–H groups in total. The second-order valence-corrected chi connectivity index (χ2v) is 7.59. The lowest BCUT2D eigenvalue weighted by atomic mass is 9.89. The molecule has 1 heterocycles. The molecule has 0 saturated carbocycles. The van der Waals surface area contributed by atoms with Crippen molar-refractivity contribution in [3.05, 3.63) is 57.9 Å². The standard InChI is InChI=1S/C22H26ClFN2O3/c1-5-26(3)14-25-20-10-21(27-4)17(8-15(20)2)22(12-28-13-22)29-11-16-6-7-18(23)19(24)9-16/h6-10,14H,5,11-13H2,1-4H3. The van der Waals surface area contributed by atoms with Crippen LogP contribution in [0.5, 0.6) is 5.75 Å². The Bertz CT molecular complexity index is 900. The predicted molar refractivity (Wildman–Crippen MR) is 113 cm³/mol. The average Bonchev–Trinajstić information content (AvgIpc) is 2.68. The van der Waals surface area contributed by atoms with E-state index in [1.807, 2.05) is 31.0 Å². The smallest absolute Gasteiger partial charge is 0.143 e. The third kappa shape index (κ3) is 4.71. The molecular formula is C22H26ClFN2O3. The minimum atomic E-state index is -0.644. The summed E-state index contributed by atoms with van der Waals surface area (Å²) in [6.07, 6.45) is 1.80. The number of aryl methyl sites for hydroxylation is 1. The summed E-state index contributed by atoms with van der Waals surface area (Å²) in [7, 11) is 3.60. The maximum Gasteiger partial charge on any atom is 0.143 e. The molecule has 156 valence electrons. The first-order chi connectivity index (χ1) is 13.9. The molecule has 0 atom stereocenters. The number of ether oxygens (including phenoxy) is 3. The number of nitrogens with zero attached hydrogens (tertiary/aromatic N) is 2. The van der Waals surface area contributed by atoms with Gasteiger partial charge in [0.1, 0.15) is 17.2 Å². The van der Waals surface area contributed by atoms with Crippen LogP contribution < -0.4 is 4.74 Å². The Hall–Kier alpha value is -2.15. The van der Waals surface area contributed by atoms with Gasteiger partial charge in [-0.05, 0) is 43.2 Å². The minimum Gasteiger partial charge on any atom is -0.496 e. The molecule has 1 saturated heterocycles. The maximum absolute atomic E-state index is 13.7. The van der Waals surface area contributed by atoms with E-state index in [1.165, 1.54) is 12.1 Å². The van der Waals surface area contributed by atoms with Gasteiger partial charge in [-0.1, -0.05) is 17.7 Å². The van der Waals surface area contributed by atoms with Gasteiger partial charge in [-0.25, -0.2) is 9.38 Å². The average molecular weight is 421 g/mol. The van der Waals surface area contributed by atoms with E-state index in [-0.39, 0.29) is 11.6 Å². The highest BCUT2D eigenvalue weighted by Gasteiger charge is 2.44. The first-order valence-electron chi connectivity index (χ1n) is 9.47. The molecule has 0 aliphatic carbocycles. The van der Waals surface area contributed by atoms with Crippen molar-refractivity contribution in [2.75, 3.05) is 33.9 Å². The van der Waals surface area contributed by atoms with Crippen LogP contribution >= 0.6 is 11.6 Å². The van der Waals surface area contributed by atoms with Crippen LogP contribution in [0.2, 0.25) is 5.02 Å². The third-order valence-electron chi connectivity index (χ3n) is 5.07. The molecule has 1 aliphatic heterocycles. The first kappa shape index (κ1) is 21.6. The van der Waals surface area contributed by atoms with Gasteiger partial charge < -0.3 is 19.1 Å². The lowest BCUT2D eigenvalue weighted by molar-refractivity contribution is -0.223. The van der Waals surface area contributed by atoms with Gasteiger partial charge in [-0.2, -0.15) is 0 Å². The van der Waals surface area contributed by atoms with Crippen molar-refractivity contribution in [2.45, 2.75) is 26.1 Å². The molecule has 0 bridgehead atoms. The predicted octanol–water partition coefficient (Wildman–Crippen LogP) is 4.85. The number of hydrogen-bond donors (Lipinski definition) is 0. The summed E-state index contributed by atoms with van der Waals surface area (Å²) in [5, 5.41) is 0.0950. The highest BCUT2D eigenvalue weighted by molar-refractivity contribution is 6.30. The Kier molecular flexibility index (Phi) is 6.77. The molecule has 2 aromatic carbocycles. The summed E-state index contributed by atoms with van der Waals surface area (Å²) >= 11 is 5.76. The highest BCUT2D eigenvalue weighted by atomic mass is 35.5. The first-order valence-corrected chi connectivity index (χ1v) is 9.85. The topological polar surface area (TPSA) is 43.3 Å². The molecular weight excluding hydrogens is 395 g/mol. The van der Waals surface area contributed by atoms with E-state index in [2.05, 4.69) is 11.9 Å². The van der Waals surface area contributed by atoms with Crippen LogP contribution in [0.4, 0.5) is 10.1 Å². The SMILES string of the molecule is CCN(C)C=Nc1cc(OC)c(C2(OCc3ccc(Cl)c(F)c3)COC2)cc1C. The van der Waals surface area contributed by atoms with Crippen LogP contribution in [0, 0.1) is 12.7 Å². The van der Waals surface area contributed by atoms with Gasteiger partial charge in [-0.15, -0.1) is 0 Å². The third-order valence-corrected chi connectivity index (χ3v) is 5.38. The Morgan fingerprint density at radius 2 is 2.07 bits per heavy atom. The summed E-state index contributed by atoms with van der Waals surface area (Å²) in [5.74, 6) is 0.229.